The molecule has 0 aromatic rings. The van der Waals surface area contributed by atoms with Crippen LogP contribution in [0.15, 0.2) is 0 Å². The van der Waals surface area contributed by atoms with E-state index in [2.05, 4.69) is 44.8 Å². The Balaban J connectivity index is 2.13. The van der Waals surface area contributed by atoms with Crippen LogP contribution in [0.25, 0.3) is 0 Å². The minimum absolute atomic E-state index is 0.688. The van der Waals surface area contributed by atoms with Crippen molar-refractivity contribution in [3.8, 4) is 0 Å². The highest BCUT2D eigenvalue weighted by Gasteiger charge is 2.21. The van der Waals surface area contributed by atoms with Crippen molar-refractivity contribution in [2.45, 2.75) is 82.8 Å². The Labute approximate surface area is 113 Å². The number of hydrogen-bond acceptors (Lipinski definition) is 2. The second-order valence-corrected chi connectivity index (χ2v) is 7.68. The lowest BCUT2D eigenvalue weighted by atomic mass is 9.91. The van der Waals surface area contributed by atoms with Crippen LogP contribution in [-0.4, -0.2) is 23.1 Å². The molecule has 1 aliphatic rings. The summed E-state index contributed by atoms with van der Waals surface area (Å²) in [4.78, 5) is 0. The van der Waals surface area contributed by atoms with Gasteiger partial charge in [0.15, 0.2) is 0 Å². The van der Waals surface area contributed by atoms with Gasteiger partial charge in [-0.25, -0.2) is 0 Å². The summed E-state index contributed by atoms with van der Waals surface area (Å²) in [5, 5.41) is 5.36. The van der Waals surface area contributed by atoms with Gasteiger partial charge in [-0.3, -0.25) is 0 Å². The van der Waals surface area contributed by atoms with Crippen molar-refractivity contribution in [3.63, 3.8) is 0 Å². The minimum atomic E-state index is 0.688. The topological polar surface area (TPSA) is 12.0 Å². The Bertz CT molecular complexity index is 195. The quantitative estimate of drug-likeness (QED) is 0.722. The van der Waals surface area contributed by atoms with Crippen molar-refractivity contribution in [1.82, 2.24) is 5.32 Å². The lowest BCUT2D eigenvalue weighted by Crippen LogP contribution is -2.32. The van der Waals surface area contributed by atoms with E-state index in [0.29, 0.717) is 6.04 Å². The molecule has 4 atom stereocenters. The van der Waals surface area contributed by atoms with Crippen molar-refractivity contribution in [2.24, 2.45) is 5.92 Å². The molecular formula is C15H31NS. The maximum atomic E-state index is 3.66. The van der Waals surface area contributed by atoms with E-state index in [0.717, 1.165) is 16.4 Å². The maximum Gasteiger partial charge on any atom is 0.0147 e. The summed E-state index contributed by atoms with van der Waals surface area (Å²) in [6.07, 6.45) is 8.39. The van der Waals surface area contributed by atoms with Gasteiger partial charge in [0.2, 0.25) is 0 Å². The molecule has 1 fully saturated rings. The first-order valence-electron chi connectivity index (χ1n) is 7.50. The fourth-order valence-corrected chi connectivity index (χ4v) is 4.37. The molecule has 0 heterocycles. The fourth-order valence-electron chi connectivity index (χ4n) is 2.78. The second kappa shape index (κ2) is 8.42. The van der Waals surface area contributed by atoms with Gasteiger partial charge in [-0.15, -0.1) is 0 Å². The molecule has 0 aromatic carbocycles. The first-order chi connectivity index (χ1) is 8.11. The van der Waals surface area contributed by atoms with E-state index in [4.69, 9.17) is 0 Å². The summed E-state index contributed by atoms with van der Waals surface area (Å²) in [6.45, 7) is 10.6. The zero-order valence-corrected chi connectivity index (χ0v) is 13.0. The molecule has 2 heteroatoms. The van der Waals surface area contributed by atoms with Gasteiger partial charge < -0.3 is 5.32 Å². The number of rotatable bonds is 7. The Kier molecular flexibility index (Phi) is 7.61. The van der Waals surface area contributed by atoms with Crippen LogP contribution in [0.4, 0.5) is 0 Å². The molecule has 0 aromatic heterocycles. The third kappa shape index (κ3) is 6.71. The average Bonchev–Trinajstić information content (AvgIpc) is 2.27. The molecule has 0 radical (unpaired) electrons. The monoisotopic (exact) mass is 257 g/mol. The van der Waals surface area contributed by atoms with Crippen LogP contribution in [0.5, 0.6) is 0 Å². The van der Waals surface area contributed by atoms with Crippen LogP contribution < -0.4 is 5.32 Å². The normalized spacial score (nSPS) is 28.9. The van der Waals surface area contributed by atoms with Gasteiger partial charge in [0.05, 0.1) is 0 Å². The van der Waals surface area contributed by atoms with Crippen molar-refractivity contribution >= 4 is 11.8 Å². The molecule has 17 heavy (non-hydrogen) atoms. The van der Waals surface area contributed by atoms with Gasteiger partial charge in [0.1, 0.15) is 0 Å². The van der Waals surface area contributed by atoms with Crippen LogP contribution in [0.1, 0.15) is 66.2 Å². The highest BCUT2D eigenvalue weighted by molar-refractivity contribution is 8.00. The molecule has 1 nitrogen and oxygen atoms in total. The third-order valence-electron chi connectivity index (χ3n) is 3.79. The predicted octanol–water partition coefficient (Wildman–Crippen LogP) is 4.47. The van der Waals surface area contributed by atoms with Crippen LogP contribution in [0.3, 0.4) is 0 Å². The third-order valence-corrected chi connectivity index (χ3v) is 5.23. The fraction of sp³-hybridized carbons (Fsp3) is 1.00. The molecule has 1 aliphatic carbocycles. The molecule has 0 saturated heterocycles. The van der Waals surface area contributed by atoms with Crippen LogP contribution in [0, 0.1) is 5.92 Å². The first-order valence-corrected chi connectivity index (χ1v) is 8.45. The Morgan fingerprint density at radius 3 is 2.71 bits per heavy atom. The van der Waals surface area contributed by atoms with Gasteiger partial charge in [0.25, 0.3) is 0 Å². The minimum Gasteiger partial charge on any atom is -0.313 e. The summed E-state index contributed by atoms with van der Waals surface area (Å²) >= 11 is 2.22. The van der Waals surface area contributed by atoms with Crippen LogP contribution in [0.2, 0.25) is 0 Å². The molecule has 0 bridgehead atoms. The van der Waals surface area contributed by atoms with Gasteiger partial charge in [-0.2, -0.15) is 11.8 Å². The van der Waals surface area contributed by atoms with Crippen molar-refractivity contribution in [1.29, 1.82) is 0 Å². The van der Waals surface area contributed by atoms with Crippen molar-refractivity contribution in [2.75, 3.05) is 6.54 Å². The van der Waals surface area contributed by atoms with E-state index in [1.807, 2.05) is 0 Å². The van der Waals surface area contributed by atoms with E-state index in [-0.39, 0.29) is 0 Å². The average molecular weight is 257 g/mol. The van der Waals surface area contributed by atoms with E-state index >= 15 is 0 Å². The molecule has 1 saturated carbocycles. The molecule has 0 spiro atoms. The summed E-state index contributed by atoms with van der Waals surface area (Å²) in [7, 11) is 0. The van der Waals surface area contributed by atoms with E-state index in [1.165, 1.54) is 45.1 Å². The summed E-state index contributed by atoms with van der Waals surface area (Å²) in [6, 6.07) is 0.688. The Morgan fingerprint density at radius 1 is 1.29 bits per heavy atom. The largest absolute Gasteiger partial charge is 0.313 e. The number of hydrogen-bond donors (Lipinski definition) is 1. The Hall–Kier alpha value is 0.310. The van der Waals surface area contributed by atoms with Crippen LogP contribution >= 0.6 is 11.8 Å². The van der Waals surface area contributed by atoms with Gasteiger partial charge >= 0.3 is 0 Å². The van der Waals surface area contributed by atoms with Crippen LogP contribution in [-0.2, 0) is 0 Å². The van der Waals surface area contributed by atoms with E-state index in [9.17, 15) is 0 Å². The Morgan fingerprint density at radius 2 is 2.06 bits per heavy atom. The smallest absolute Gasteiger partial charge is 0.0147 e. The van der Waals surface area contributed by atoms with E-state index in [1.54, 1.807) is 0 Å². The summed E-state index contributed by atoms with van der Waals surface area (Å²) in [5.41, 5.74) is 0. The zero-order chi connectivity index (χ0) is 12.7. The van der Waals surface area contributed by atoms with Gasteiger partial charge in [0, 0.05) is 23.1 Å². The summed E-state index contributed by atoms with van der Waals surface area (Å²) in [5.74, 6) is 0.959. The highest BCUT2D eigenvalue weighted by atomic mass is 32.2. The van der Waals surface area contributed by atoms with Crippen molar-refractivity contribution in [3.05, 3.63) is 0 Å². The number of thioether (sulfide) groups is 1. The lowest BCUT2D eigenvalue weighted by molar-refractivity contribution is 0.393. The molecule has 1 N–H and O–H groups in total. The van der Waals surface area contributed by atoms with Crippen molar-refractivity contribution < 1.29 is 0 Å². The lowest BCUT2D eigenvalue weighted by Gasteiger charge is -2.29. The second-order valence-electron chi connectivity index (χ2n) is 5.94. The standard InChI is InChI=1S/C15H31NS/c1-5-7-13(3)16-11-14(4)17-15-9-6-8-12(2)10-15/h12-16H,5-11H2,1-4H3. The maximum absolute atomic E-state index is 3.66. The zero-order valence-electron chi connectivity index (χ0n) is 12.2. The van der Waals surface area contributed by atoms with E-state index < -0.39 is 0 Å². The molecule has 102 valence electrons. The molecule has 4 unspecified atom stereocenters. The highest BCUT2D eigenvalue weighted by Crippen LogP contribution is 2.33. The predicted molar refractivity (Wildman–Crippen MR) is 80.8 cm³/mol. The molecule has 0 aliphatic heterocycles. The molecular weight excluding hydrogens is 226 g/mol. The number of nitrogens with one attached hydrogen (secondary N) is 1. The summed E-state index contributed by atoms with van der Waals surface area (Å²) < 4.78 is 0. The molecule has 1 rings (SSSR count). The first kappa shape index (κ1) is 15.4. The molecule has 0 amide bonds. The van der Waals surface area contributed by atoms with Gasteiger partial charge in [-0.05, 0) is 32.1 Å². The van der Waals surface area contributed by atoms with Gasteiger partial charge in [-0.1, -0.05) is 40.0 Å². The SMILES string of the molecule is CCCC(C)NCC(C)SC1CCCC(C)C1.